The molecule has 7 heteroatoms. The summed E-state index contributed by atoms with van der Waals surface area (Å²) >= 11 is 0. The van der Waals surface area contributed by atoms with E-state index in [0.29, 0.717) is 30.9 Å². The number of imidazole rings is 1. The van der Waals surface area contributed by atoms with E-state index in [-0.39, 0.29) is 17.5 Å². The molecule has 0 atom stereocenters. The summed E-state index contributed by atoms with van der Waals surface area (Å²) in [5.41, 5.74) is 5.68. The predicted molar refractivity (Wildman–Crippen MR) is 120 cm³/mol. The molecule has 0 spiro atoms. The Hall–Kier alpha value is -4.00. The van der Waals surface area contributed by atoms with Gasteiger partial charge in [0.05, 0.1) is 11.4 Å². The number of aromatic nitrogens is 3. The number of carbonyl (C=O) groups is 1. The van der Waals surface area contributed by atoms with E-state index >= 15 is 0 Å². The van der Waals surface area contributed by atoms with Gasteiger partial charge in [0.15, 0.2) is 5.65 Å². The molecule has 0 aliphatic carbocycles. The first-order valence-corrected chi connectivity index (χ1v) is 10.4. The molecule has 6 nitrogen and oxygen atoms in total. The standard InChI is InChI=1S/C25H21FN4O2/c1-16(31)29-13-10-18(11-14-29)23-25-28-22(17-2-6-20(26)7-3-17)24(30(25)15-12-27-23)19-4-8-21(32)9-5-19/h2-10,12,15,32H,11,13-14H2,1H3. The third-order valence-electron chi connectivity index (χ3n) is 5.76. The van der Waals surface area contributed by atoms with Crippen molar-refractivity contribution in [3.63, 3.8) is 0 Å². The van der Waals surface area contributed by atoms with Crippen LogP contribution in [0.15, 0.2) is 67.0 Å². The van der Waals surface area contributed by atoms with E-state index in [1.807, 2.05) is 28.8 Å². The van der Waals surface area contributed by atoms with E-state index in [1.165, 1.54) is 12.1 Å². The lowest BCUT2D eigenvalue weighted by molar-refractivity contribution is -0.128. The monoisotopic (exact) mass is 428 g/mol. The van der Waals surface area contributed by atoms with Gasteiger partial charge in [-0.15, -0.1) is 0 Å². The highest BCUT2D eigenvalue weighted by Crippen LogP contribution is 2.35. The number of hydrogen-bond donors (Lipinski definition) is 1. The zero-order valence-electron chi connectivity index (χ0n) is 17.5. The smallest absolute Gasteiger partial charge is 0.219 e. The van der Waals surface area contributed by atoms with Crippen molar-refractivity contribution < 1.29 is 14.3 Å². The van der Waals surface area contributed by atoms with Crippen LogP contribution < -0.4 is 0 Å². The van der Waals surface area contributed by atoms with E-state index in [9.17, 15) is 14.3 Å². The Morgan fingerprint density at radius 2 is 1.75 bits per heavy atom. The molecule has 2 aromatic heterocycles. The SMILES string of the molecule is CC(=O)N1CC=C(c2nccn3c(-c4ccc(O)cc4)c(-c4ccc(F)cc4)nc23)CC1. The van der Waals surface area contributed by atoms with Gasteiger partial charge in [-0.1, -0.05) is 6.08 Å². The maximum atomic E-state index is 13.6. The molecule has 0 saturated carbocycles. The first-order chi connectivity index (χ1) is 15.5. The van der Waals surface area contributed by atoms with Crippen LogP contribution in [-0.2, 0) is 4.79 Å². The molecule has 3 heterocycles. The van der Waals surface area contributed by atoms with Gasteiger partial charge in [0.25, 0.3) is 0 Å². The predicted octanol–water partition coefficient (Wildman–Crippen LogP) is 4.54. The summed E-state index contributed by atoms with van der Waals surface area (Å²) in [4.78, 5) is 23.0. The zero-order chi connectivity index (χ0) is 22.2. The van der Waals surface area contributed by atoms with Gasteiger partial charge in [-0.3, -0.25) is 14.2 Å². The molecular formula is C25H21FN4O2. The van der Waals surface area contributed by atoms with Gasteiger partial charge >= 0.3 is 0 Å². The molecule has 32 heavy (non-hydrogen) atoms. The Bertz CT molecular complexity index is 1340. The normalized spacial score (nSPS) is 13.9. The number of aromatic hydroxyl groups is 1. The second-order valence-electron chi connectivity index (χ2n) is 7.78. The summed E-state index contributed by atoms with van der Waals surface area (Å²) in [7, 11) is 0. The molecule has 0 saturated heterocycles. The second-order valence-corrected chi connectivity index (χ2v) is 7.78. The van der Waals surface area contributed by atoms with Crippen LogP contribution in [0.3, 0.4) is 0 Å². The van der Waals surface area contributed by atoms with E-state index < -0.39 is 0 Å². The van der Waals surface area contributed by atoms with Gasteiger partial charge < -0.3 is 10.0 Å². The fourth-order valence-electron chi connectivity index (χ4n) is 4.08. The van der Waals surface area contributed by atoms with Crippen LogP contribution in [0.2, 0.25) is 0 Å². The lowest BCUT2D eigenvalue weighted by atomic mass is 10.0. The number of hydrogen-bond acceptors (Lipinski definition) is 4. The highest BCUT2D eigenvalue weighted by Gasteiger charge is 2.22. The maximum absolute atomic E-state index is 13.6. The van der Waals surface area contributed by atoms with Crippen LogP contribution in [0, 0.1) is 5.82 Å². The van der Waals surface area contributed by atoms with Crippen molar-refractivity contribution in [3.8, 4) is 28.3 Å². The number of fused-ring (bicyclic) bond motifs is 1. The molecule has 0 bridgehead atoms. The molecule has 5 rings (SSSR count). The van der Waals surface area contributed by atoms with Crippen molar-refractivity contribution in [1.29, 1.82) is 0 Å². The minimum atomic E-state index is -0.312. The van der Waals surface area contributed by atoms with Gasteiger partial charge in [0.1, 0.15) is 17.3 Å². The number of halogens is 1. The number of carbonyl (C=O) groups excluding carboxylic acids is 1. The second kappa shape index (κ2) is 7.92. The van der Waals surface area contributed by atoms with Crippen LogP contribution in [0.4, 0.5) is 4.39 Å². The summed E-state index contributed by atoms with van der Waals surface area (Å²) in [5.74, 6) is -0.0791. The minimum Gasteiger partial charge on any atom is -0.508 e. The number of benzene rings is 2. The summed E-state index contributed by atoms with van der Waals surface area (Å²) < 4.78 is 15.5. The summed E-state index contributed by atoms with van der Waals surface area (Å²) in [6.07, 6.45) is 6.31. The van der Waals surface area contributed by atoms with Crippen LogP contribution in [0.25, 0.3) is 33.7 Å². The number of amides is 1. The Balaban J connectivity index is 1.71. The summed E-state index contributed by atoms with van der Waals surface area (Å²) in [6.45, 7) is 2.76. The molecule has 1 aliphatic rings. The van der Waals surface area contributed by atoms with Gasteiger partial charge in [-0.05, 0) is 60.5 Å². The quantitative estimate of drug-likeness (QED) is 0.520. The molecular weight excluding hydrogens is 407 g/mol. The Kier molecular flexibility index (Phi) is 4.93. The van der Waals surface area contributed by atoms with Gasteiger partial charge in [0, 0.05) is 43.5 Å². The van der Waals surface area contributed by atoms with Gasteiger partial charge in [-0.25, -0.2) is 9.37 Å². The Morgan fingerprint density at radius 3 is 2.41 bits per heavy atom. The average molecular weight is 428 g/mol. The highest BCUT2D eigenvalue weighted by molar-refractivity contribution is 5.86. The summed E-state index contributed by atoms with van der Waals surface area (Å²) in [6, 6.07) is 13.2. The van der Waals surface area contributed by atoms with Gasteiger partial charge in [0.2, 0.25) is 5.91 Å². The zero-order valence-corrected chi connectivity index (χ0v) is 17.5. The van der Waals surface area contributed by atoms with Crippen molar-refractivity contribution in [3.05, 3.63) is 78.5 Å². The maximum Gasteiger partial charge on any atom is 0.219 e. The number of phenolic OH excluding ortho intramolecular Hbond substituents is 1. The molecule has 160 valence electrons. The van der Waals surface area contributed by atoms with Crippen molar-refractivity contribution >= 4 is 17.1 Å². The van der Waals surface area contributed by atoms with Crippen molar-refractivity contribution in [2.24, 2.45) is 0 Å². The Morgan fingerprint density at radius 1 is 1.03 bits per heavy atom. The van der Waals surface area contributed by atoms with Gasteiger partial charge in [-0.2, -0.15) is 0 Å². The highest BCUT2D eigenvalue weighted by atomic mass is 19.1. The van der Waals surface area contributed by atoms with E-state index in [1.54, 1.807) is 42.3 Å². The molecule has 1 N–H and O–H groups in total. The minimum absolute atomic E-state index is 0.0560. The Labute approximate surface area is 184 Å². The van der Waals surface area contributed by atoms with Crippen LogP contribution >= 0.6 is 0 Å². The first kappa shape index (κ1) is 19.9. The molecule has 0 fully saturated rings. The molecule has 0 unspecified atom stereocenters. The fraction of sp³-hybridized carbons (Fsp3) is 0.160. The lowest BCUT2D eigenvalue weighted by Crippen LogP contribution is -2.32. The van der Waals surface area contributed by atoms with E-state index in [2.05, 4.69) is 4.98 Å². The average Bonchev–Trinajstić information content (AvgIpc) is 3.20. The molecule has 1 amide bonds. The third kappa shape index (κ3) is 3.51. The molecule has 1 aliphatic heterocycles. The molecule has 2 aromatic carbocycles. The first-order valence-electron chi connectivity index (χ1n) is 10.4. The largest absolute Gasteiger partial charge is 0.508 e. The topological polar surface area (TPSA) is 70.7 Å². The van der Waals surface area contributed by atoms with Crippen LogP contribution in [0.5, 0.6) is 5.75 Å². The van der Waals surface area contributed by atoms with Crippen LogP contribution in [-0.4, -0.2) is 43.4 Å². The molecule has 0 radical (unpaired) electrons. The van der Waals surface area contributed by atoms with Crippen molar-refractivity contribution in [2.75, 3.05) is 13.1 Å². The lowest BCUT2D eigenvalue weighted by Gasteiger charge is -2.25. The van der Waals surface area contributed by atoms with Crippen LogP contribution in [0.1, 0.15) is 19.0 Å². The third-order valence-corrected chi connectivity index (χ3v) is 5.76. The number of rotatable bonds is 3. The molecule has 4 aromatic rings. The fourth-order valence-corrected chi connectivity index (χ4v) is 4.08. The number of phenols is 1. The number of nitrogens with zero attached hydrogens (tertiary/aromatic N) is 4. The van der Waals surface area contributed by atoms with Crippen molar-refractivity contribution in [2.45, 2.75) is 13.3 Å². The van der Waals surface area contributed by atoms with Crippen molar-refractivity contribution in [1.82, 2.24) is 19.3 Å². The summed E-state index contributed by atoms with van der Waals surface area (Å²) in [5, 5.41) is 9.75. The van der Waals surface area contributed by atoms with E-state index in [0.717, 1.165) is 28.1 Å². The van der Waals surface area contributed by atoms with E-state index in [4.69, 9.17) is 4.98 Å².